The number of carbonyl (C=O) groups excluding carboxylic acids is 1. The summed E-state index contributed by atoms with van der Waals surface area (Å²) in [7, 11) is 0. The van der Waals surface area contributed by atoms with Gasteiger partial charge >= 0.3 is 6.01 Å². The van der Waals surface area contributed by atoms with Gasteiger partial charge in [0.05, 0.1) is 17.8 Å². The van der Waals surface area contributed by atoms with E-state index >= 15 is 4.39 Å². The van der Waals surface area contributed by atoms with Crippen LogP contribution < -0.4 is 15.0 Å². The van der Waals surface area contributed by atoms with Crippen LogP contribution in [0.3, 0.4) is 0 Å². The van der Waals surface area contributed by atoms with Crippen LogP contribution in [0.15, 0.2) is 30.3 Å². The molecule has 0 bridgehead atoms. The maximum atomic E-state index is 15.2. The number of hydrogen-bond acceptors (Lipinski definition) is 7. The molecule has 4 heterocycles. The second-order valence-corrected chi connectivity index (χ2v) is 8.64. The summed E-state index contributed by atoms with van der Waals surface area (Å²) in [6.07, 6.45) is 3.72. The van der Waals surface area contributed by atoms with Gasteiger partial charge in [-0.15, -0.1) is 0 Å². The van der Waals surface area contributed by atoms with E-state index in [-0.39, 0.29) is 35.1 Å². The predicted octanol–water partition coefficient (Wildman–Crippen LogP) is 4.51. The number of rotatable bonds is 7. The zero-order chi connectivity index (χ0) is 26.1. The molecule has 4 aromatic rings. The number of halogens is 2. The Morgan fingerprint density at radius 3 is 2.76 bits per heavy atom. The molecule has 37 heavy (non-hydrogen) atoms. The molecule has 192 valence electrons. The Bertz CT molecular complexity index is 1500. The minimum Gasteiger partial charge on any atom is -0.421 e. The van der Waals surface area contributed by atoms with E-state index in [4.69, 9.17) is 4.74 Å². The van der Waals surface area contributed by atoms with Crippen LogP contribution in [0.1, 0.15) is 25.2 Å². The molecule has 3 N–H and O–H groups in total. The van der Waals surface area contributed by atoms with Crippen molar-refractivity contribution >= 4 is 40.3 Å². The zero-order valence-electron chi connectivity index (χ0n) is 20.6. The van der Waals surface area contributed by atoms with Crippen molar-refractivity contribution in [2.24, 2.45) is 0 Å². The molecule has 1 aromatic carbocycles. The molecule has 0 saturated carbocycles. The predicted molar refractivity (Wildman–Crippen MR) is 136 cm³/mol. The van der Waals surface area contributed by atoms with E-state index in [9.17, 15) is 9.18 Å². The van der Waals surface area contributed by atoms with E-state index < -0.39 is 11.6 Å². The molecule has 3 aromatic heterocycles. The van der Waals surface area contributed by atoms with Gasteiger partial charge in [0.15, 0.2) is 23.2 Å². The molecule has 12 heteroatoms. The number of carbonyl (C=O) groups is 1. The second-order valence-electron chi connectivity index (χ2n) is 8.64. The molecule has 1 aliphatic heterocycles. The highest BCUT2D eigenvalue weighted by Crippen LogP contribution is 2.33. The minimum atomic E-state index is -0.737. The third-order valence-electron chi connectivity index (χ3n) is 6.02. The Morgan fingerprint density at radius 2 is 2.00 bits per heavy atom. The summed E-state index contributed by atoms with van der Waals surface area (Å²) in [5, 5.41) is 10.2. The number of anilines is 3. The number of aryl methyl sites for hydroxylation is 1. The van der Waals surface area contributed by atoms with Crippen molar-refractivity contribution in [1.29, 1.82) is 0 Å². The van der Waals surface area contributed by atoms with Crippen molar-refractivity contribution in [3.8, 4) is 11.8 Å². The Balaban J connectivity index is 1.51. The van der Waals surface area contributed by atoms with Crippen LogP contribution in [0, 0.1) is 18.6 Å². The maximum absolute atomic E-state index is 15.2. The highest BCUT2D eigenvalue weighted by molar-refractivity contribution is 5.84. The van der Waals surface area contributed by atoms with Crippen molar-refractivity contribution in [1.82, 2.24) is 30.0 Å². The molecule has 0 aliphatic carbocycles. The van der Waals surface area contributed by atoms with E-state index in [0.717, 1.165) is 11.8 Å². The van der Waals surface area contributed by atoms with Gasteiger partial charge in [0.1, 0.15) is 11.6 Å². The van der Waals surface area contributed by atoms with E-state index in [0.29, 0.717) is 42.8 Å². The lowest BCUT2D eigenvalue weighted by Crippen LogP contribution is -2.50. The van der Waals surface area contributed by atoms with Crippen LogP contribution in [-0.2, 0) is 4.79 Å². The van der Waals surface area contributed by atoms with Gasteiger partial charge in [-0.1, -0.05) is 6.08 Å². The molecule has 5 rings (SSSR count). The summed E-state index contributed by atoms with van der Waals surface area (Å²) < 4.78 is 35.5. The van der Waals surface area contributed by atoms with Crippen LogP contribution in [0.5, 0.6) is 11.8 Å². The first-order valence-corrected chi connectivity index (χ1v) is 11.9. The molecule has 1 fully saturated rings. The highest BCUT2D eigenvalue weighted by Gasteiger charge is 2.25. The van der Waals surface area contributed by atoms with Gasteiger partial charge in [-0.05, 0) is 32.9 Å². The van der Waals surface area contributed by atoms with E-state index in [1.807, 2.05) is 26.0 Å². The lowest BCUT2D eigenvalue weighted by Gasteiger charge is -2.34. The number of H-pyrrole nitrogens is 2. The standard InChI is InChI=1S/C25H26F2N8O2/c1-4-6-15-10-20(33-32-15)29-19-12-21(35-8-7-34(5-2)22(36)13-35)31-25(30-19)37-18-11-17(26)24-16(23(18)27)9-14(3)28-24/h4,6,9-12,28H,5,7-8,13H2,1-3H3,(H2,29,30,31,32,33)/b6-4+. The van der Waals surface area contributed by atoms with Gasteiger partial charge in [0, 0.05) is 48.9 Å². The molecule has 1 saturated heterocycles. The molecule has 0 radical (unpaired) electrons. The number of benzene rings is 1. The largest absolute Gasteiger partial charge is 0.421 e. The number of nitrogens with one attached hydrogen (secondary N) is 3. The number of piperazine rings is 1. The minimum absolute atomic E-state index is 0.0333. The zero-order valence-corrected chi connectivity index (χ0v) is 20.6. The highest BCUT2D eigenvalue weighted by atomic mass is 19.1. The molecule has 1 amide bonds. The number of allylic oxidation sites excluding steroid dienone is 1. The third kappa shape index (κ3) is 4.95. The van der Waals surface area contributed by atoms with Crippen molar-refractivity contribution in [2.75, 3.05) is 36.4 Å². The van der Waals surface area contributed by atoms with Gasteiger partial charge in [0.25, 0.3) is 0 Å². The lowest BCUT2D eigenvalue weighted by atomic mass is 10.2. The molecule has 0 atom stereocenters. The maximum Gasteiger partial charge on any atom is 0.326 e. The van der Waals surface area contributed by atoms with Crippen LogP contribution in [-0.4, -0.2) is 62.1 Å². The molecular weight excluding hydrogens is 482 g/mol. The summed E-state index contributed by atoms with van der Waals surface area (Å²) in [5.41, 5.74) is 1.45. The van der Waals surface area contributed by atoms with E-state index in [1.54, 1.807) is 28.9 Å². The Morgan fingerprint density at radius 1 is 1.16 bits per heavy atom. The number of ether oxygens (including phenoxy) is 1. The Labute approximate surface area is 211 Å². The van der Waals surface area contributed by atoms with Gasteiger partial charge in [-0.2, -0.15) is 15.1 Å². The van der Waals surface area contributed by atoms with Gasteiger partial charge < -0.3 is 24.8 Å². The summed E-state index contributed by atoms with van der Waals surface area (Å²) in [6, 6.07) is 5.69. The molecule has 1 aliphatic rings. The SMILES string of the molecule is C/C=C/c1cc(Nc2cc(N3CCN(CC)C(=O)C3)nc(Oc3cc(F)c4[nH]c(C)cc4c3F)n2)n[nH]1. The topological polar surface area (TPSA) is 115 Å². The molecule has 0 spiro atoms. The number of aromatic amines is 2. The number of aromatic nitrogens is 5. The van der Waals surface area contributed by atoms with Crippen LogP contribution in [0.2, 0.25) is 0 Å². The van der Waals surface area contributed by atoms with Gasteiger partial charge in [0.2, 0.25) is 5.91 Å². The van der Waals surface area contributed by atoms with Gasteiger partial charge in [-0.25, -0.2) is 8.78 Å². The molecule has 0 unspecified atom stereocenters. The monoisotopic (exact) mass is 508 g/mol. The summed E-state index contributed by atoms with van der Waals surface area (Å²) in [4.78, 5) is 27.6. The smallest absolute Gasteiger partial charge is 0.326 e. The molecular formula is C25H26F2N8O2. The van der Waals surface area contributed by atoms with Crippen molar-refractivity contribution < 1.29 is 18.3 Å². The second kappa shape index (κ2) is 9.88. The average molecular weight is 509 g/mol. The quantitative estimate of drug-likeness (QED) is 0.337. The third-order valence-corrected chi connectivity index (χ3v) is 6.02. The summed E-state index contributed by atoms with van der Waals surface area (Å²) >= 11 is 0. The van der Waals surface area contributed by atoms with Crippen molar-refractivity contribution in [2.45, 2.75) is 20.8 Å². The Kier molecular flexibility index (Phi) is 6.47. The molecule has 10 nitrogen and oxygen atoms in total. The van der Waals surface area contributed by atoms with Gasteiger partial charge in [-0.3, -0.25) is 9.89 Å². The Hall–Kier alpha value is -4.48. The van der Waals surface area contributed by atoms with Crippen molar-refractivity contribution in [3.05, 3.63) is 53.4 Å². The summed E-state index contributed by atoms with van der Waals surface area (Å²) in [5.74, 6) is -0.591. The fraction of sp³-hybridized carbons (Fsp3) is 0.280. The van der Waals surface area contributed by atoms with Crippen LogP contribution in [0.25, 0.3) is 17.0 Å². The normalized spacial score (nSPS) is 14.2. The first-order chi connectivity index (χ1) is 17.8. The number of amides is 1. The van der Waals surface area contributed by atoms with E-state index in [1.165, 1.54) is 6.07 Å². The van der Waals surface area contributed by atoms with Crippen molar-refractivity contribution in [3.63, 3.8) is 0 Å². The first-order valence-electron chi connectivity index (χ1n) is 11.9. The fourth-order valence-corrected chi connectivity index (χ4v) is 4.23. The van der Waals surface area contributed by atoms with E-state index in [2.05, 4.69) is 30.5 Å². The number of nitrogens with zero attached hydrogens (tertiary/aromatic N) is 5. The summed E-state index contributed by atoms with van der Waals surface area (Å²) in [6.45, 7) is 7.35. The van der Waals surface area contributed by atoms with Crippen LogP contribution in [0.4, 0.5) is 26.2 Å². The lowest BCUT2D eigenvalue weighted by molar-refractivity contribution is -0.130. The fourth-order valence-electron chi connectivity index (χ4n) is 4.23. The first kappa shape index (κ1) is 24.2. The average Bonchev–Trinajstić information content (AvgIpc) is 3.49. The number of fused-ring (bicyclic) bond motifs is 1. The number of likely N-dealkylation sites (N-methyl/N-ethyl adjacent to an activating group) is 1. The van der Waals surface area contributed by atoms with Crippen LogP contribution >= 0.6 is 0 Å². The number of hydrogen-bond donors (Lipinski definition) is 3.